The summed E-state index contributed by atoms with van der Waals surface area (Å²) in [6, 6.07) is 6.06. The van der Waals surface area contributed by atoms with E-state index in [9.17, 15) is 9.18 Å². The highest BCUT2D eigenvalue weighted by molar-refractivity contribution is 5.97. The summed E-state index contributed by atoms with van der Waals surface area (Å²) in [6.45, 7) is 2.32. The molecule has 1 amide bonds. The number of hydrogen-bond acceptors (Lipinski definition) is 3. The summed E-state index contributed by atoms with van der Waals surface area (Å²) >= 11 is 0. The molecular weight excluding hydrogens is 271 g/mol. The highest BCUT2D eigenvalue weighted by atomic mass is 19.1. The van der Waals surface area contributed by atoms with Crippen molar-refractivity contribution in [2.75, 3.05) is 12.8 Å². The van der Waals surface area contributed by atoms with Crippen LogP contribution in [0.5, 0.6) is 0 Å². The van der Waals surface area contributed by atoms with E-state index in [-0.39, 0.29) is 11.7 Å². The molecule has 1 heterocycles. The average molecular weight is 290 g/mol. The molecule has 0 spiro atoms. The second kappa shape index (κ2) is 5.95. The minimum absolute atomic E-state index is 0.202. The molecule has 1 aromatic heterocycles. The number of hydrogen-bond donors (Lipinski definition) is 1. The zero-order valence-electron chi connectivity index (χ0n) is 12.4. The van der Waals surface area contributed by atoms with Crippen molar-refractivity contribution in [2.24, 2.45) is 7.05 Å². The first-order valence-corrected chi connectivity index (χ1v) is 6.75. The Bertz CT molecular complexity index is 648. The first kappa shape index (κ1) is 15.0. The number of benzene rings is 1. The molecule has 2 N–H and O–H groups in total. The van der Waals surface area contributed by atoms with Crippen molar-refractivity contribution >= 4 is 11.6 Å². The van der Waals surface area contributed by atoms with E-state index < -0.39 is 0 Å². The molecule has 0 saturated heterocycles. The first-order chi connectivity index (χ1) is 9.93. The largest absolute Gasteiger partial charge is 0.395 e. The van der Waals surface area contributed by atoms with Gasteiger partial charge in [0.25, 0.3) is 5.91 Å². The number of halogens is 1. The van der Waals surface area contributed by atoms with Crippen LogP contribution in [-0.4, -0.2) is 27.6 Å². The van der Waals surface area contributed by atoms with Crippen molar-refractivity contribution < 1.29 is 9.18 Å². The zero-order valence-corrected chi connectivity index (χ0v) is 12.4. The summed E-state index contributed by atoms with van der Waals surface area (Å²) in [5.41, 5.74) is 8.37. The predicted octanol–water partition coefficient (Wildman–Crippen LogP) is 1.98. The number of nitrogens with two attached hydrogens (primary N) is 1. The molecule has 0 aliphatic heterocycles. The summed E-state index contributed by atoms with van der Waals surface area (Å²) in [5, 5.41) is 4.25. The molecule has 0 aliphatic rings. The minimum Gasteiger partial charge on any atom is -0.395 e. The SMILES string of the molecule is CCc1nn(C)c(C(=O)N(C)Cc2ccc(F)cc2)c1N. The molecule has 0 unspecified atom stereocenters. The molecule has 0 radical (unpaired) electrons. The van der Waals surface area contributed by atoms with Crippen LogP contribution >= 0.6 is 0 Å². The van der Waals surface area contributed by atoms with Crippen LogP contribution in [0.3, 0.4) is 0 Å². The molecule has 21 heavy (non-hydrogen) atoms. The van der Waals surface area contributed by atoms with Crippen LogP contribution in [0.1, 0.15) is 28.7 Å². The number of nitrogens with zero attached hydrogens (tertiary/aromatic N) is 3. The number of amides is 1. The van der Waals surface area contributed by atoms with E-state index in [1.165, 1.54) is 16.8 Å². The Morgan fingerprint density at radius 2 is 2.00 bits per heavy atom. The van der Waals surface area contributed by atoms with Crippen molar-refractivity contribution in [3.63, 3.8) is 0 Å². The monoisotopic (exact) mass is 290 g/mol. The number of carbonyl (C=O) groups is 1. The van der Waals surface area contributed by atoms with E-state index in [1.54, 1.807) is 31.1 Å². The molecule has 1 aromatic carbocycles. The number of aryl methyl sites for hydroxylation is 2. The highest BCUT2D eigenvalue weighted by Gasteiger charge is 2.22. The summed E-state index contributed by atoms with van der Waals surface area (Å²) in [7, 11) is 3.39. The highest BCUT2D eigenvalue weighted by Crippen LogP contribution is 2.19. The third-order valence-electron chi connectivity index (χ3n) is 3.38. The minimum atomic E-state index is -0.295. The van der Waals surface area contributed by atoms with Crippen LogP contribution < -0.4 is 5.73 Å². The van der Waals surface area contributed by atoms with Crippen LogP contribution in [0.4, 0.5) is 10.1 Å². The van der Waals surface area contributed by atoms with Crippen molar-refractivity contribution in [1.82, 2.24) is 14.7 Å². The van der Waals surface area contributed by atoms with Crippen molar-refractivity contribution in [2.45, 2.75) is 19.9 Å². The Morgan fingerprint density at radius 1 is 1.38 bits per heavy atom. The fourth-order valence-corrected chi connectivity index (χ4v) is 2.23. The van der Waals surface area contributed by atoms with E-state index >= 15 is 0 Å². The van der Waals surface area contributed by atoms with Gasteiger partial charge in [0.1, 0.15) is 11.5 Å². The van der Waals surface area contributed by atoms with Gasteiger partial charge >= 0.3 is 0 Å². The average Bonchev–Trinajstić information content (AvgIpc) is 2.75. The van der Waals surface area contributed by atoms with Crippen molar-refractivity contribution in [1.29, 1.82) is 0 Å². The third kappa shape index (κ3) is 3.04. The van der Waals surface area contributed by atoms with Crippen LogP contribution in [-0.2, 0) is 20.0 Å². The topological polar surface area (TPSA) is 64.2 Å². The van der Waals surface area contributed by atoms with Gasteiger partial charge in [-0.1, -0.05) is 19.1 Å². The number of nitrogen functional groups attached to an aromatic ring is 1. The quantitative estimate of drug-likeness (QED) is 0.936. The van der Waals surface area contributed by atoms with Gasteiger partial charge in [-0.2, -0.15) is 5.10 Å². The zero-order chi connectivity index (χ0) is 15.6. The van der Waals surface area contributed by atoms with Gasteiger partial charge in [-0.3, -0.25) is 9.48 Å². The van der Waals surface area contributed by atoms with Gasteiger partial charge in [-0.05, 0) is 24.1 Å². The molecule has 0 fully saturated rings. The molecule has 2 rings (SSSR count). The third-order valence-corrected chi connectivity index (χ3v) is 3.38. The van der Waals surface area contributed by atoms with Crippen LogP contribution in [0, 0.1) is 5.82 Å². The van der Waals surface area contributed by atoms with Crippen LogP contribution in [0.15, 0.2) is 24.3 Å². The second-order valence-electron chi connectivity index (χ2n) is 4.97. The fourth-order valence-electron chi connectivity index (χ4n) is 2.23. The van der Waals surface area contributed by atoms with Gasteiger partial charge in [0.2, 0.25) is 0 Å². The normalized spacial score (nSPS) is 10.7. The summed E-state index contributed by atoms with van der Waals surface area (Å²) < 4.78 is 14.4. The molecule has 112 valence electrons. The molecule has 0 atom stereocenters. The lowest BCUT2D eigenvalue weighted by Gasteiger charge is -2.17. The number of rotatable bonds is 4. The van der Waals surface area contributed by atoms with E-state index in [4.69, 9.17) is 5.73 Å². The number of anilines is 1. The van der Waals surface area contributed by atoms with Gasteiger partial charge in [-0.25, -0.2) is 4.39 Å². The second-order valence-corrected chi connectivity index (χ2v) is 4.97. The van der Waals surface area contributed by atoms with E-state index in [0.717, 1.165) is 11.3 Å². The molecule has 0 saturated carbocycles. The Balaban J connectivity index is 2.19. The maximum atomic E-state index is 12.9. The Kier molecular flexibility index (Phi) is 4.26. The van der Waals surface area contributed by atoms with Gasteiger partial charge in [0, 0.05) is 20.6 Å². The maximum absolute atomic E-state index is 12.9. The predicted molar refractivity (Wildman–Crippen MR) is 79.2 cm³/mol. The van der Waals surface area contributed by atoms with E-state index in [0.29, 0.717) is 24.3 Å². The first-order valence-electron chi connectivity index (χ1n) is 6.75. The Hall–Kier alpha value is -2.37. The van der Waals surface area contributed by atoms with Gasteiger partial charge < -0.3 is 10.6 Å². The summed E-state index contributed by atoms with van der Waals surface area (Å²) in [4.78, 5) is 14.0. The molecule has 6 heteroatoms. The maximum Gasteiger partial charge on any atom is 0.274 e. The Morgan fingerprint density at radius 3 is 2.52 bits per heavy atom. The van der Waals surface area contributed by atoms with Crippen molar-refractivity contribution in [3.8, 4) is 0 Å². The molecule has 5 nitrogen and oxygen atoms in total. The van der Waals surface area contributed by atoms with Crippen LogP contribution in [0.2, 0.25) is 0 Å². The molecular formula is C15H19FN4O. The van der Waals surface area contributed by atoms with E-state index in [1.807, 2.05) is 6.92 Å². The van der Waals surface area contributed by atoms with Crippen molar-refractivity contribution in [3.05, 3.63) is 47.0 Å². The smallest absolute Gasteiger partial charge is 0.274 e. The summed E-state index contributed by atoms with van der Waals surface area (Å²) in [6.07, 6.45) is 0.675. The fraction of sp³-hybridized carbons (Fsp3) is 0.333. The lowest BCUT2D eigenvalue weighted by atomic mass is 10.2. The lowest BCUT2D eigenvalue weighted by Crippen LogP contribution is -2.28. The molecule has 2 aromatic rings. The van der Waals surface area contributed by atoms with Crippen LogP contribution in [0.25, 0.3) is 0 Å². The molecule has 0 aliphatic carbocycles. The Labute approximate surface area is 123 Å². The van der Waals surface area contributed by atoms with Gasteiger partial charge in [0.15, 0.2) is 0 Å². The van der Waals surface area contributed by atoms with E-state index in [2.05, 4.69) is 5.10 Å². The number of aromatic nitrogens is 2. The summed E-state index contributed by atoms with van der Waals surface area (Å²) in [5.74, 6) is -0.497. The van der Waals surface area contributed by atoms with Gasteiger partial charge in [-0.15, -0.1) is 0 Å². The van der Waals surface area contributed by atoms with Gasteiger partial charge in [0.05, 0.1) is 11.4 Å². The lowest BCUT2D eigenvalue weighted by molar-refractivity contribution is 0.0775. The number of carbonyl (C=O) groups excluding carboxylic acids is 1. The molecule has 0 bridgehead atoms. The standard InChI is InChI=1S/C15H19FN4O/c1-4-12-13(17)14(20(3)18-12)15(21)19(2)9-10-5-7-11(16)8-6-10/h5-8H,4,9,17H2,1-3H3.